The molecule has 0 aliphatic rings. The summed E-state index contributed by atoms with van der Waals surface area (Å²) in [6.07, 6.45) is 2.25. The fourth-order valence-corrected chi connectivity index (χ4v) is 2.47. The van der Waals surface area contributed by atoms with Crippen LogP contribution >= 0.6 is 0 Å². The number of nitrogens with two attached hydrogens (primary N) is 1. The average molecular weight is 303 g/mol. The maximum Gasteiger partial charge on any atom is 0.0396 e. The molecule has 0 amide bonds. The van der Waals surface area contributed by atoms with E-state index in [0.717, 1.165) is 24.1 Å². The highest BCUT2D eigenvalue weighted by Crippen LogP contribution is 2.26. The Morgan fingerprint density at radius 1 is 0.783 bits per heavy atom. The normalized spacial score (nSPS) is 9.83. The van der Waals surface area contributed by atoms with Crippen molar-refractivity contribution in [3.63, 3.8) is 0 Å². The van der Waals surface area contributed by atoms with E-state index in [1.54, 1.807) is 0 Å². The van der Waals surface area contributed by atoms with Gasteiger partial charge in [-0.2, -0.15) is 0 Å². The zero-order valence-electron chi connectivity index (χ0n) is 14.0. The smallest absolute Gasteiger partial charge is 0.0396 e. The van der Waals surface area contributed by atoms with E-state index in [1.807, 2.05) is 36.4 Å². The number of aryl methyl sites for hydroxylation is 2. The molecule has 2 N–H and O–H groups in total. The Morgan fingerprint density at radius 3 is 1.87 bits per heavy atom. The number of anilines is 1. The third kappa shape index (κ3) is 5.30. The largest absolute Gasteiger partial charge is 0.398 e. The van der Waals surface area contributed by atoms with Crippen molar-refractivity contribution in [1.82, 2.24) is 0 Å². The van der Waals surface area contributed by atoms with Crippen LogP contribution in [0.15, 0.2) is 78.9 Å². The molecule has 1 nitrogen and oxygen atoms in total. The molecule has 0 saturated carbocycles. The highest BCUT2D eigenvalue weighted by molar-refractivity contribution is 5.76. The van der Waals surface area contributed by atoms with E-state index in [1.165, 1.54) is 16.7 Å². The van der Waals surface area contributed by atoms with Gasteiger partial charge in [-0.3, -0.25) is 0 Å². The molecule has 0 aliphatic carbocycles. The van der Waals surface area contributed by atoms with E-state index in [4.69, 9.17) is 5.73 Å². The molecule has 0 unspecified atom stereocenters. The first-order chi connectivity index (χ1) is 11.2. The van der Waals surface area contributed by atoms with Gasteiger partial charge in [0.2, 0.25) is 0 Å². The van der Waals surface area contributed by atoms with Crippen molar-refractivity contribution in [2.75, 3.05) is 5.73 Å². The second-order valence-electron chi connectivity index (χ2n) is 5.69. The van der Waals surface area contributed by atoms with Crippen molar-refractivity contribution in [2.24, 2.45) is 0 Å². The van der Waals surface area contributed by atoms with Crippen molar-refractivity contribution < 1.29 is 0 Å². The molecule has 1 heteroatoms. The van der Waals surface area contributed by atoms with Crippen LogP contribution in [0, 0.1) is 6.92 Å². The van der Waals surface area contributed by atoms with Crippen LogP contribution in [0.2, 0.25) is 0 Å². The van der Waals surface area contributed by atoms with Gasteiger partial charge >= 0.3 is 0 Å². The highest BCUT2D eigenvalue weighted by Gasteiger charge is 2.02. The lowest BCUT2D eigenvalue weighted by atomic mass is 10.0. The minimum atomic E-state index is 0.872. The Morgan fingerprint density at radius 2 is 1.39 bits per heavy atom. The van der Waals surface area contributed by atoms with Crippen LogP contribution < -0.4 is 5.73 Å². The van der Waals surface area contributed by atoms with E-state index in [-0.39, 0.29) is 0 Å². The summed E-state index contributed by atoms with van der Waals surface area (Å²) in [5.41, 5.74) is 11.9. The van der Waals surface area contributed by atoms with Crippen LogP contribution in [0.25, 0.3) is 11.1 Å². The zero-order valence-corrected chi connectivity index (χ0v) is 14.0. The third-order valence-corrected chi connectivity index (χ3v) is 3.68. The standard InChI is InChI=1S/C15H17N.C7H8/c1-2-6-12-9-10-14(15(16)11-12)13-7-4-3-5-8-13;1-7-5-3-2-4-6-7/h3-5,7-11H,2,6,16H2,1H3;2-6H,1H3. The second kappa shape index (κ2) is 8.79. The monoisotopic (exact) mass is 303 g/mol. The molecule has 0 radical (unpaired) electrons. The lowest BCUT2D eigenvalue weighted by Gasteiger charge is -2.08. The predicted molar refractivity (Wildman–Crippen MR) is 101 cm³/mol. The van der Waals surface area contributed by atoms with Crippen LogP contribution in [-0.2, 0) is 6.42 Å². The summed E-state index contributed by atoms with van der Waals surface area (Å²) in [5, 5.41) is 0. The van der Waals surface area contributed by atoms with Gasteiger partial charge in [0, 0.05) is 11.3 Å². The van der Waals surface area contributed by atoms with Gasteiger partial charge < -0.3 is 5.73 Å². The van der Waals surface area contributed by atoms with E-state index in [2.05, 4.69) is 56.3 Å². The molecule has 0 aliphatic heterocycles. The highest BCUT2D eigenvalue weighted by atomic mass is 14.6. The quantitative estimate of drug-likeness (QED) is 0.600. The molecule has 3 aromatic carbocycles. The molecule has 118 valence electrons. The van der Waals surface area contributed by atoms with Gasteiger partial charge in [0.15, 0.2) is 0 Å². The summed E-state index contributed by atoms with van der Waals surface area (Å²) in [6, 6.07) is 26.9. The fourth-order valence-electron chi connectivity index (χ4n) is 2.47. The summed E-state index contributed by atoms with van der Waals surface area (Å²) in [4.78, 5) is 0. The number of nitrogen functional groups attached to an aromatic ring is 1. The van der Waals surface area contributed by atoms with Gasteiger partial charge in [-0.05, 0) is 30.5 Å². The van der Waals surface area contributed by atoms with Gasteiger partial charge in [0.1, 0.15) is 0 Å². The minimum absolute atomic E-state index is 0.872. The number of hydrogen-bond donors (Lipinski definition) is 1. The van der Waals surface area contributed by atoms with Gasteiger partial charge in [-0.15, -0.1) is 0 Å². The predicted octanol–water partition coefficient (Wildman–Crippen LogP) is 5.88. The van der Waals surface area contributed by atoms with Gasteiger partial charge in [0.25, 0.3) is 0 Å². The Bertz CT molecular complexity index is 703. The summed E-state index contributed by atoms with van der Waals surface area (Å²) in [6.45, 7) is 4.27. The summed E-state index contributed by atoms with van der Waals surface area (Å²) in [5.74, 6) is 0. The molecular formula is C22H25N. The molecule has 0 saturated heterocycles. The molecule has 0 heterocycles. The van der Waals surface area contributed by atoms with Crippen molar-refractivity contribution in [2.45, 2.75) is 26.7 Å². The number of rotatable bonds is 3. The van der Waals surface area contributed by atoms with Crippen molar-refractivity contribution in [3.8, 4) is 11.1 Å². The minimum Gasteiger partial charge on any atom is -0.398 e. The van der Waals surface area contributed by atoms with Gasteiger partial charge in [0.05, 0.1) is 0 Å². The van der Waals surface area contributed by atoms with E-state index in [0.29, 0.717) is 0 Å². The van der Waals surface area contributed by atoms with Crippen LogP contribution in [0.3, 0.4) is 0 Å². The van der Waals surface area contributed by atoms with Crippen molar-refractivity contribution >= 4 is 5.69 Å². The first kappa shape index (κ1) is 16.8. The molecule has 3 aromatic rings. The topological polar surface area (TPSA) is 26.0 Å². The SMILES string of the molecule is CCCc1ccc(-c2ccccc2)c(N)c1.Cc1ccccc1. The fraction of sp³-hybridized carbons (Fsp3) is 0.182. The number of hydrogen-bond acceptors (Lipinski definition) is 1. The molecule has 3 rings (SSSR count). The summed E-state index contributed by atoms with van der Waals surface area (Å²) in [7, 11) is 0. The second-order valence-corrected chi connectivity index (χ2v) is 5.69. The van der Waals surface area contributed by atoms with Gasteiger partial charge in [-0.1, -0.05) is 91.7 Å². The lowest BCUT2D eigenvalue weighted by molar-refractivity contribution is 0.922. The maximum atomic E-state index is 6.08. The Balaban J connectivity index is 0.000000229. The third-order valence-electron chi connectivity index (χ3n) is 3.68. The Labute approximate surface area is 139 Å². The molecule has 0 bridgehead atoms. The van der Waals surface area contributed by atoms with Crippen molar-refractivity contribution in [3.05, 3.63) is 90.0 Å². The van der Waals surface area contributed by atoms with Crippen LogP contribution in [0.5, 0.6) is 0 Å². The molecule has 0 atom stereocenters. The van der Waals surface area contributed by atoms with Gasteiger partial charge in [-0.25, -0.2) is 0 Å². The van der Waals surface area contributed by atoms with Crippen LogP contribution in [0.1, 0.15) is 24.5 Å². The van der Waals surface area contributed by atoms with Crippen LogP contribution in [-0.4, -0.2) is 0 Å². The maximum absolute atomic E-state index is 6.08. The van der Waals surface area contributed by atoms with E-state index >= 15 is 0 Å². The first-order valence-electron chi connectivity index (χ1n) is 8.16. The summed E-state index contributed by atoms with van der Waals surface area (Å²) < 4.78 is 0. The lowest BCUT2D eigenvalue weighted by Crippen LogP contribution is -1.92. The van der Waals surface area contributed by atoms with Crippen molar-refractivity contribution in [1.29, 1.82) is 0 Å². The van der Waals surface area contributed by atoms with Crippen LogP contribution in [0.4, 0.5) is 5.69 Å². The first-order valence-corrected chi connectivity index (χ1v) is 8.16. The molecule has 0 aromatic heterocycles. The molecule has 0 fully saturated rings. The summed E-state index contributed by atoms with van der Waals surface area (Å²) >= 11 is 0. The average Bonchev–Trinajstić information content (AvgIpc) is 2.57. The van der Waals surface area contributed by atoms with E-state index in [9.17, 15) is 0 Å². The molecular weight excluding hydrogens is 278 g/mol. The number of benzene rings is 3. The molecule has 23 heavy (non-hydrogen) atoms. The zero-order chi connectivity index (χ0) is 16.5. The molecule has 0 spiro atoms. The Kier molecular flexibility index (Phi) is 6.43. The Hall–Kier alpha value is -2.54. The van der Waals surface area contributed by atoms with E-state index < -0.39 is 0 Å².